The van der Waals surface area contributed by atoms with Crippen LogP contribution in [0.15, 0.2) is 30.9 Å². The third kappa shape index (κ3) is 3.43. The fourth-order valence-electron chi connectivity index (χ4n) is 1.72. The van der Waals surface area contributed by atoms with E-state index in [4.69, 9.17) is 0 Å². The Morgan fingerprint density at radius 2 is 2.16 bits per heavy atom. The van der Waals surface area contributed by atoms with Crippen molar-refractivity contribution in [3.05, 3.63) is 30.9 Å². The largest absolute Gasteiger partial charge is 0.323 e. The molecule has 0 aliphatic rings. The molecular weight excluding hydrogens is 242 g/mol. The Balaban J connectivity index is 1.92. The molecule has 1 atom stereocenters. The average molecular weight is 261 g/mol. The molecular formula is C13H19N5O. The molecule has 1 N–H and O–H groups in total. The fraction of sp³-hybridized carbons (Fsp3) is 0.462. The van der Waals surface area contributed by atoms with Crippen LogP contribution >= 0.6 is 0 Å². The van der Waals surface area contributed by atoms with Gasteiger partial charge in [0.15, 0.2) is 0 Å². The third-order valence-corrected chi connectivity index (χ3v) is 2.87. The van der Waals surface area contributed by atoms with Crippen molar-refractivity contribution in [2.75, 3.05) is 5.32 Å². The summed E-state index contributed by atoms with van der Waals surface area (Å²) in [5, 5.41) is 11.1. The lowest BCUT2D eigenvalue weighted by atomic mass is 10.1. The topological polar surface area (TPSA) is 64.7 Å². The summed E-state index contributed by atoms with van der Waals surface area (Å²) in [7, 11) is 0. The molecule has 19 heavy (non-hydrogen) atoms. The van der Waals surface area contributed by atoms with E-state index in [9.17, 15) is 4.79 Å². The quantitative estimate of drug-likeness (QED) is 0.894. The second kappa shape index (κ2) is 5.69. The standard InChI is InChI=1S/C13H19N5O/c1-10(2)18-9-12(7-15-18)16-13(19)11(3)8-17-6-4-5-14-17/h4-7,9-11H,8H2,1-3H3,(H,16,19). The Bertz CT molecular complexity index is 529. The van der Waals surface area contributed by atoms with E-state index in [0.717, 1.165) is 5.69 Å². The monoisotopic (exact) mass is 261 g/mol. The van der Waals surface area contributed by atoms with Crippen molar-refractivity contribution in [2.24, 2.45) is 5.92 Å². The minimum Gasteiger partial charge on any atom is -0.323 e. The highest BCUT2D eigenvalue weighted by molar-refractivity contribution is 5.91. The Kier molecular flexibility index (Phi) is 3.99. The van der Waals surface area contributed by atoms with E-state index in [1.54, 1.807) is 17.1 Å². The summed E-state index contributed by atoms with van der Waals surface area (Å²) in [6, 6.07) is 2.13. The smallest absolute Gasteiger partial charge is 0.229 e. The van der Waals surface area contributed by atoms with Crippen LogP contribution in [0.25, 0.3) is 0 Å². The molecule has 2 aromatic rings. The zero-order valence-electron chi connectivity index (χ0n) is 11.4. The number of carbonyl (C=O) groups excluding carboxylic acids is 1. The van der Waals surface area contributed by atoms with Crippen molar-refractivity contribution in [1.82, 2.24) is 19.6 Å². The third-order valence-electron chi connectivity index (χ3n) is 2.87. The van der Waals surface area contributed by atoms with Gasteiger partial charge < -0.3 is 5.32 Å². The zero-order valence-corrected chi connectivity index (χ0v) is 11.4. The van der Waals surface area contributed by atoms with Gasteiger partial charge in [0.25, 0.3) is 0 Å². The van der Waals surface area contributed by atoms with Gasteiger partial charge >= 0.3 is 0 Å². The van der Waals surface area contributed by atoms with Crippen LogP contribution in [0, 0.1) is 5.92 Å². The SMILES string of the molecule is CC(Cn1cccn1)C(=O)Nc1cnn(C(C)C)c1. The van der Waals surface area contributed by atoms with Crippen LogP contribution in [-0.2, 0) is 11.3 Å². The fourth-order valence-corrected chi connectivity index (χ4v) is 1.72. The minimum absolute atomic E-state index is 0.0289. The van der Waals surface area contributed by atoms with Gasteiger partial charge in [0.05, 0.1) is 24.3 Å². The predicted molar refractivity (Wildman–Crippen MR) is 72.6 cm³/mol. The number of rotatable bonds is 5. The number of aromatic nitrogens is 4. The first-order valence-corrected chi connectivity index (χ1v) is 6.38. The van der Waals surface area contributed by atoms with E-state index in [2.05, 4.69) is 15.5 Å². The normalized spacial score (nSPS) is 12.6. The summed E-state index contributed by atoms with van der Waals surface area (Å²) in [6.07, 6.45) is 7.06. The molecule has 2 aromatic heterocycles. The summed E-state index contributed by atoms with van der Waals surface area (Å²) in [4.78, 5) is 12.0. The van der Waals surface area contributed by atoms with Gasteiger partial charge in [0, 0.05) is 24.6 Å². The lowest BCUT2D eigenvalue weighted by Gasteiger charge is -2.11. The first kappa shape index (κ1) is 13.3. The molecule has 0 bridgehead atoms. The van der Waals surface area contributed by atoms with Crippen LogP contribution in [0.2, 0.25) is 0 Å². The van der Waals surface area contributed by atoms with Crippen molar-refractivity contribution < 1.29 is 4.79 Å². The molecule has 0 aliphatic carbocycles. The maximum absolute atomic E-state index is 12.0. The maximum atomic E-state index is 12.0. The lowest BCUT2D eigenvalue weighted by molar-refractivity contribution is -0.119. The first-order valence-electron chi connectivity index (χ1n) is 6.38. The van der Waals surface area contributed by atoms with Gasteiger partial charge in [-0.05, 0) is 19.9 Å². The molecule has 0 spiro atoms. The molecule has 2 rings (SSSR count). The summed E-state index contributed by atoms with van der Waals surface area (Å²) in [5.74, 6) is -0.180. The summed E-state index contributed by atoms with van der Waals surface area (Å²) in [5.41, 5.74) is 0.728. The van der Waals surface area contributed by atoms with E-state index in [-0.39, 0.29) is 17.9 Å². The molecule has 0 saturated carbocycles. The molecule has 102 valence electrons. The van der Waals surface area contributed by atoms with Gasteiger partial charge in [-0.2, -0.15) is 10.2 Å². The second-order valence-corrected chi connectivity index (χ2v) is 4.92. The Labute approximate surface area is 112 Å². The molecule has 0 aromatic carbocycles. The first-order chi connectivity index (χ1) is 9.06. The van der Waals surface area contributed by atoms with Crippen LogP contribution in [0.1, 0.15) is 26.8 Å². The van der Waals surface area contributed by atoms with E-state index < -0.39 is 0 Å². The van der Waals surface area contributed by atoms with E-state index in [1.807, 2.05) is 43.9 Å². The van der Waals surface area contributed by atoms with Crippen LogP contribution in [0.3, 0.4) is 0 Å². The van der Waals surface area contributed by atoms with Crippen molar-refractivity contribution in [3.8, 4) is 0 Å². The highest BCUT2D eigenvalue weighted by Crippen LogP contribution is 2.11. The van der Waals surface area contributed by atoms with Crippen molar-refractivity contribution in [1.29, 1.82) is 0 Å². The molecule has 0 radical (unpaired) electrons. The highest BCUT2D eigenvalue weighted by atomic mass is 16.1. The van der Waals surface area contributed by atoms with Gasteiger partial charge in [-0.3, -0.25) is 14.2 Å². The number of anilines is 1. The van der Waals surface area contributed by atoms with Gasteiger partial charge in [-0.25, -0.2) is 0 Å². The number of amides is 1. The number of hydrogen-bond acceptors (Lipinski definition) is 3. The van der Waals surface area contributed by atoms with E-state index in [1.165, 1.54) is 0 Å². The van der Waals surface area contributed by atoms with Crippen molar-refractivity contribution in [2.45, 2.75) is 33.4 Å². The van der Waals surface area contributed by atoms with Crippen LogP contribution < -0.4 is 5.32 Å². The molecule has 0 saturated heterocycles. The van der Waals surface area contributed by atoms with Gasteiger partial charge in [-0.15, -0.1) is 0 Å². The molecule has 0 aliphatic heterocycles. The Morgan fingerprint density at radius 3 is 2.74 bits per heavy atom. The molecule has 0 fully saturated rings. The van der Waals surface area contributed by atoms with E-state index >= 15 is 0 Å². The molecule has 2 heterocycles. The minimum atomic E-state index is -0.151. The van der Waals surface area contributed by atoms with Crippen LogP contribution in [0.4, 0.5) is 5.69 Å². The molecule has 1 unspecified atom stereocenters. The molecule has 6 nitrogen and oxygen atoms in total. The average Bonchev–Trinajstić information content (AvgIpc) is 2.99. The van der Waals surface area contributed by atoms with Gasteiger partial charge in [-0.1, -0.05) is 6.92 Å². The number of hydrogen-bond donors (Lipinski definition) is 1. The van der Waals surface area contributed by atoms with Crippen molar-refractivity contribution in [3.63, 3.8) is 0 Å². The Morgan fingerprint density at radius 1 is 1.37 bits per heavy atom. The number of carbonyl (C=O) groups is 1. The van der Waals surface area contributed by atoms with Crippen molar-refractivity contribution >= 4 is 11.6 Å². The van der Waals surface area contributed by atoms with E-state index in [0.29, 0.717) is 6.54 Å². The van der Waals surface area contributed by atoms with Crippen LogP contribution in [0.5, 0.6) is 0 Å². The molecule has 1 amide bonds. The number of nitrogens with zero attached hydrogens (tertiary/aromatic N) is 4. The lowest BCUT2D eigenvalue weighted by Crippen LogP contribution is -2.24. The predicted octanol–water partition coefficient (Wildman–Crippen LogP) is 1.94. The molecule has 6 heteroatoms. The van der Waals surface area contributed by atoms with Crippen LogP contribution in [-0.4, -0.2) is 25.5 Å². The van der Waals surface area contributed by atoms with Gasteiger partial charge in [0.2, 0.25) is 5.91 Å². The van der Waals surface area contributed by atoms with Gasteiger partial charge in [0.1, 0.15) is 0 Å². The number of nitrogens with one attached hydrogen (secondary N) is 1. The summed E-state index contributed by atoms with van der Waals surface area (Å²) < 4.78 is 3.57. The summed E-state index contributed by atoms with van der Waals surface area (Å²) in [6.45, 7) is 6.53. The summed E-state index contributed by atoms with van der Waals surface area (Å²) >= 11 is 0. The highest BCUT2D eigenvalue weighted by Gasteiger charge is 2.14. The Hall–Kier alpha value is -2.11. The maximum Gasteiger partial charge on any atom is 0.229 e. The zero-order chi connectivity index (χ0) is 13.8. The second-order valence-electron chi connectivity index (χ2n) is 4.92.